The van der Waals surface area contributed by atoms with Gasteiger partial charge >= 0.3 is 0 Å². The van der Waals surface area contributed by atoms with E-state index in [1.165, 1.54) is 0 Å². The molecule has 0 spiro atoms. The van der Waals surface area contributed by atoms with Crippen LogP contribution in [0.5, 0.6) is 5.75 Å². The second kappa shape index (κ2) is 6.64. The van der Waals surface area contributed by atoms with Crippen molar-refractivity contribution in [3.63, 3.8) is 0 Å². The van der Waals surface area contributed by atoms with Crippen molar-refractivity contribution in [1.29, 1.82) is 5.26 Å². The lowest BCUT2D eigenvalue weighted by atomic mass is 10.2. The highest BCUT2D eigenvalue weighted by atomic mass is 16.5. The lowest BCUT2D eigenvalue weighted by Crippen LogP contribution is -2.08. The summed E-state index contributed by atoms with van der Waals surface area (Å²) in [6.45, 7) is 1.23. The van der Waals surface area contributed by atoms with Gasteiger partial charge < -0.3 is 9.30 Å². The second-order valence-corrected chi connectivity index (χ2v) is 4.88. The summed E-state index contributed by atoms with van der Waals surface area (Å²) >= 11 is 0. The molecule has 0 radical (unpaired) electrons. The van der Waals surface area contributed by atoms with E-state index in [-0.39, 0.29) is 0 Å². The average Bonchev–Trinajstić information content (AvgIpc) is 3.20. The largest absolute Gasteiger partial charge is 0.492 e. The van der Waals surface area contributed by atoms with Crippen LogP contribution in [-0.2, 0) is 13.0 Å². The van der Waals surface area contributed by atoms with E-state index in [0.717, 1.165) is 17.0 Å². The number of aromatic nitrogens is 3. The van der Waals surface area contributed by atoms with Gasteiger partial charge in [-0.15, -0.1) is 0 Å². The lowest BCUT2D eigenvalue weighted by Gasteiger charge is -2.06. The second-order valence-electron chi connectivity index (χ2n) is 4.88. The number of ether oxygens (including phenoxy) is 1. The molecule has 0 N–H and O–H groups in total. The molecule has 0 unspecified atom stereocenters. The van der Waals surface area contributed by atoms with Gasteiger partial charge in [0.15, 0.2) is 0 Å². The van der Waals surface area contributed by atoms with Gasteiger partial charge in [0.2, 0.25) is 0 Å². The van der Waals surface area contributed by atoms with E-state index in [9.17, 15) is 0 Å². The van der Waals surface area contributed by atoms with Gasteiger partial charge in [-0.2, -0.15) is 10.4 Å². The van der Waals surface area contributed by atoms with Crippen LogP contribution in [-0.4, -0.2) is 21.0 Å². The molecular formula is C17H16N4O. The van der Waals surface area contributed by atoms with Gasteiger partial charge in [0.1, 0.15) is 12.4 Å². The smallest absolute Gasteiger partial charge is 0.119 e. The van der Waals surface area contributed by atoms with E-state index in [0.29, 0.717) is 19.6 Å². The van der Waals surface area contributed by atoms with Gasteiger partial charge in [0.05, 0.1) is 30.9 Å². The summed E-state index contributed by atoms with van der Waals surface area (Å²) in [5, 5.41) is 13.0. The van der Waals surface area contributed by atoms with Crippen LogP contribution >= 0.6 is 0 Å². The molecule has 0 aliphatic carbocycles. The molecule has 0 aliphatic heterocycles. The van der Waals surface area contributed by atoms with Crippen LogP contribution in [0.15, 0.2) is 61.2 Å². The van der Waals surface area contributed by atoms with Crippen LogP contribution in [0, 0.1) is 11.3 Å². The van der Waals surface area contributed by atoms with E-state index < -0.39 is 0 Å². The molecule has 0 saturated heterocycles. The third-order valence-electron chi connectivity index (χ3n) is 3.32. The van der Waals surface area contributed by atoms with E-state index in [1.54, 1.807) is 0 Å². The highest BCUT2D eigenvalue weighted by Gasteiger charge is 2.00. The SMILES string of the molecule is N#CCc1ccc(OCCn2cc(-n3cccc3)cn2)cc1. The van der Waals surface area contributed by atoms with Gasteiger partial charge in [0.25, 0.3) is 0 Å². The van der Waals surface area contributed by atoms with Crippen molar-refractivity contribution in [2.24, 2.45) is 0 Å². The number of nitrogens with zero attached hydrogens (tertiary/aromatic N) is 4. The van der Waals surface area contributed by atoms with Crippen molar-refractivity contribution in [2.75, 3.05) is 6.61 Å². The molecule has 5 nitrogen and oxygen atoms in total. The minimum atomic E-state index is 0.426. The van der Waals surface area contributed by atoms with Crippen molar-refractivity contribution < 1.29 is 4.74 Å². The summed E-state index contributed by atoms with van der Waals surface area (Å²) in [6, 6.07) is 13.7. The molecule has 3 aromatic rings. The molecule has 110 valence electrons. The van der Waals surface area contributed by atoms with Crippen LogP contribution in [0.25, 0.3) is 5.69 Å². The quantitative estimate of drug-likeness (QED) is 0.702. The predicted molar refractivity (Wildman–Crippen MR) is 82.8 cm³/mol. The third-order valence-corrected chi connectivity index (χ3v) is 3.32. The maximum Gasteiger partial charge on any atom is 0.119 e. The summed E-state index contributed by atoms with van der Waals surface area (Å²) < 4.78 is 9.57. The predicted octanol–water partition coefficient (Wildman–Crippen LogP) is 2.82. The average molecular weight is 292 g/mol. The minimum absolute atomic E-state index is 0.426. The molecule has 1 aromatic carbocycles. The summed E-state index contributed by atoms with van der Waals surface area (Å²) in [4.78, 5) is 0. The highest BCUT2D eigenvalue weighted by Crippen LogP contribution is 2.12. The Labute approximate surface area is 129 Å². The van der Waals surface area contributed by atoms with Crippen molar-refractivity contribution in [1.82, 2.24) is 14.3 Å². The fourth-order valence-corrected chi connectivity index (χ4v) is 2.17. The number of benzene rings is 1. The molecule has 0 fully saturated rings. The Bertz CT molecular complexity index is 751. The van der Waals surface area contributed by atoms with E-state index in [2.05, 4.69) is 11.2 Å². The van der Waals surface area contributed by atoms with Gasteiger partial charge in [-0.25, -0.2) is 0 Å². The fourth-order valence-electron chi connectivity index (χ4n) is 2.17. The van der Waals surface area contributed by atoms with Crippen LogP contribution in [0.2, 0.25) is 0 Å². The van der Waals surface area contributed by atoms with Crippen molar-refractivity contribution in [3.05, 3.63) is 66.7 Å². The molecule has 5 heteroatoms. The Morgan fingerprint density at radius 1 is 1.14 bits per heavy atom. The molecule has 2 aromatic heterocycles. The van der Waals surface area contributed by atoms with E-state index in [4.69, 9.17) is 10.00 Å². The normalized spacial score (nSPS) is 10.3. The Morgan fingerprint density at radius 3 is 2.64 bits per heavy atom. The molecule has 0 atom stereocenters. The summed E-state index contributed by atoms with van der Waals surface area (Å²) in [6.07, 6.45) is 8.22. The lowest BCUT2D eigenvalue weighted by molar-refractivity contribution is 0.291. The van der Waals surface area contributed by atoms with E-state index in [1.807, 2.05) is 70.4 Å². The maximum absolute atomic E-state index is 8.63. The first-order chi connectivity index (χ1) is 10.8. The zero-order chi connectivity index (χ0) is 15.2. The van der Waals surface area contributed by atoms with Gasteiger partial charge in [-0.1, -0.05) is 12.1 Å². The summed E-state index contributed by atoms with van der Waals surface area (Å²) in [5.41, 5.74) is 2.03. The Balaban J connectivity index is 1.52. The van der Waals surface area contributed by atoms with Gasteiger partial charge in [0, 0.05) is 18.6 Å². The molecule has 0 aliphatic rings. The zero-order valence-electron chi connectivity index (χ0n) is 12.1. The monoisotopic (exact) mass is 292 g/mol. The van der Waals surface area contributed by atoms with Gasteiger partial charge in [-0.05, 0) is 29.8 Å². The van der Waals surface area contributed by atoms with Crippen LogP contribution in [0.3, 0.4) is 0 Å². The molecule has 22 heavy (non-hydrogen) atoms. The van der Waals surface area contributed by atoms with Crippen molar-refractivity contribution >= 4 is 0 Å². The van der Waals surface area contributed by atoms with E-state index >= 15 is 0 Å². The number of rotatable bonds is 6. The van der Waals surface area contributed by atoms with Crippen molar-refractivity contribution in [2.45, 2.75) is 13.0 Å². The van der Waals surface area contributed by atoms with Crippen LogP contribution in [0.4, 0.5) is 0 Å². The fraction of sp³-hybridized carbons (Fsp3) is 0.176. The Morgan fingerprint density at radius 2 is 1.91 bits per heavy atom. The molecule has 0 saturated carbocycles. The van der Waals surface area contributed by atoms with Crippen molar-refractivity contribution in [3.8, 4) is 17.5 Å². The third kappa shape index (κ3) is 3.36. The standard InChI is InChI=1S/C17H16N4O/c18-8-7-15-3-5-17(6-4-15)22-12-11-21-14-16(13-19-21)20-9-1-2-10-20/h1-6,9-10,13-14H,7,11-12H2. The summed E-state index contributed by atoms with van der Waals surface area (Å²) in [5.74, 6) is 0.805. The molecule has 0 amide bonds. The first-order valence-electron chi connectivity index (χ1n) is 7.09. The highest BCUT2D eigenvalue weighted by molar-refractivity contribution is 5.29. The molecule has 0 bridgehead atoms. The minimum Gasteiger partial charge on any atom is -0.492 e. The number of hydrogen-bond donors (Lipinski definition) is 0. The Hall–Kier alpha value is -3.00. The maximum atomic E-state index is 8.63. The van der Waals surface area contributed by atoms with Crippen LogP contribution < -0.4 is 4.74 Å². The summed E-state index contributed by atoms with van der Waals surface area (Å²) in [7, 11) is 0. The number of nitriles is 1. The first-order valence-corrected chi connectivity index (χ1v) is 7.09. The Kier molecular flexibility index (Phi) is 4.21. The van der Waals surface area contributed by atoms with Gasteiger partial charge in [-0.3, -0.25) is 4.68 Å². The first kappa shape index (κ1) is 14.0. The zero-order valence-corrected chi connectivity index (χ0v) is 12.1. The topological polar surface area (TPSA) is 55.8 Å². The molecule has 2 heterocycles. The molecule has 3 rings (SSSR count). The molecular weight excluding hydrogens is 276 g/mol. The number of hydrogen-bond acceptors (Lipinski definition) is 3. The van der Waals surface area contributed by atoms with Crippen LogP contribution in [0.1, 0.15) is 5.56 Å².